The first-order chi connectivity index (χ1) is 12.0. The van der Waals surface area contributed by atoms with Gasteiger partial charge in [-0.2, -0.15) is 5.10 Å². The molecule has 3 aromatic rings. The molecule has 0 amide bonds. The fraction of sp³-hybridized carbons (Fsp3) is 0.294. The molecule has 0 fully saturated rings. The number of aromatic nitrogens is 3. The van der Waals surface area contributed by atoms with Gasteiger partial charge in [-0.15, -0.1) is 0 Å². The van der Waals surface area contributed by atoms with E-state index < -0.39 is 15.7 Å². The highest BCUT2D eigenvalue weighted by atomic mass is 32.2. The average Bonchev–Trinajstić information content (AvgIpc) is 3.01. The lowest BCUT2D eigenvalue weighted by molar-refractivity contribution is 0.590. The molecule has 0 bridgehead atoms. The first-order valence-electron chi connectivity index (χ1n) is 8.12. The first-order valence-corrected chi connectivity index (χ1v) is 9.60. The number of rotatable bonds is 3. The average molecular weight is 360 g/mol. The molecule has 0 aliphatic carbocycles. The molecule has 130 valence electrons. The lowest BCUT2D eigenvalue weighted by Gasteiger charge is -2.17. The minimum absolute atomic E-state index is 0.0712. The standard InChI is InChI=1S/C17H17FN4O2S/c1-2-14-16(25(23,24)13-5-3-4-12(18)8-13)17-20-10-11-9-19-7-6-15(11)22(17)21-14/h3-5,8,10,19H,2,6-7,9H2,1H3. The second-order valence-electron chi connectivity index (χ2n) is 5.98. The minimum Gasteiger partial charge on any atom is -0.312 e. The minimum atomic E-state index is -3.92. The molecule has 1 N–H and O–H groups in total. The van der Waals surface area contributed by atoms with Crippen LogP contribution >= 0.6 is 0 Å². The van der Waals surface area contributed by atoms with E-state index in [9.17, 15) is 12.8 Å². The number of hydrogen-bond donors (Lipinski definition) is 1. The van der Waals surface area contributed by atoms with Gasteiger partial charge in [-0.3, -0.25) is 0 Å². The van der Waals surface area contributed by atoms with E-state index in [4.69, 9.17) is 0 Å². The van der Waals surface area contributed by atoms with Crippen molar-refractivity contribution in [2.75, 3.05) is 6.54 Å². The lowest BCUT2D eigenvalue weighted by Crippen LogP contribution is -2.26. The summed E-state index contributed by atoms with van der Waals surface area (Å²) in [5.74, 6) is -0.591. The Balaban J connectivity index is 2.01. The zero-order valence-electron chi connectivity index (χ0n) is 13.7. The normalized spacial score (nSPS) is 14.6. The third-order valence-corrected chi connectivity index (χ3v) is 6.25. The fourth-order valence-corrected chi connectivity index (χ4v) is 4.83. The van der Waals surface area contributed by atoms with Crippen LogP contribution in [-0.2, 0) is 29.2 Å². The molecular weight excluding hydrogens is 343 g/mol. The Morgan fingerprint density at radius 3 is 2.96 bits per heavy atom. The highest BCUT2D eigenvalue weighted by Crippen LogP contribution is 2.29. The van der Waals surface area contributed by atoms with Crippen molar-refractivity contribution in [2.45, 2.75) is 36.1 Å². The second kappa shape index (κ2) is 5.89. The molecule has 1 aliphatic rings. The van der Waals surface area contributed by atoms with Crippen LogP contribution in [0.4, 0.5) is 4.39 Å². The molecular formula is C17H17FN4O2S. The van der Waals surface area contributed by atoms with Crippen LogP contribution in [0, 0.1) is 5.82 Å². The largest absolute Gasteiger partial charge is 0.312 e. The van der Waals surface area contributed by atoms with Crippen molar-refractivity contribution in [3.8, 4) is 0 Å². The molecule has 8 heteroatoms. The summed E-state index contributed by atoms with van der Waals surface area (Å²) in [6, 6.07) is 5.03. The van der Waals surface area contributed by atoms with Gasteiger partial charge in [0.05, 0.1) is 16.3 Å². The van der Waals surface area contributed by atoms with Crippen molar-refractivity contribution in [1.82, 2.24) is 19.9 Å². The molecule has 25 heavy (non-hydrogen) atoms. The predicted octanol–water partition coefficient (Wildman–Crippen LogP) is 1.91. The van der Waals surface area contributed by atoms with Gasteiger partial charge in [-0.1, -0.05) is 13.0 Å². The van der Waals surface area contributed by atoms with Crippen molar-refractivity contribution < 1.29 is 12.8 Å². The van der Waals surface area contributed by atoms with Crippen molar-refractivity contribution in [1.29, 1.82) is 0 Å². The summed E-state index contributed by atoms with van der Waals surface area (Å²) in [5.41, 5.74) is 2.74. The summed E-state index contributed by atoms with van der Waals surface area (Å²) < 4.78 is 41.5. The van der Waals surface area contributed by atoms with Crippen LogP contribution in [0.25, 0.3) is 5.65 Å². The van der Waals surface area contributed by atoms with Gasteiger partial charge in [-0.05, 0) is 24.6 Å². The fourth-order valence-electron chi connectivity index (χ4n) is 3.19. The summed E-state index contributed by atoms with van der Waals surface area (Å²) in [5, 5.41) is 7.77. The monoisotopic (exact) mass is 360 g/mol. The summed E-state index contributed by atoms with van der Waals surface area (Å²) >= 11 is 0. The van der Waals surface area contributed by atoms with Crippen molar-refractivity contribution in [3.05, 3.63) is 53.2 Å². The molecule has 6 nitrogen and oxygen atoms in total. The molecule has 0 saturated carbocycles. The molecule has 2 aromatic heterocycles. The van der Waals surface area contributed by atoms with Gasteiger partial charge in [0.2, 0.25) is 9.84 Å². The van der Waals surface area contributed by atoms with E-state index in [1.807, 2.05) is 6.92 Å². The summed E-state index contributed by atoms with van der Waals surface area (Å²) in [4.78, 5) is 4.35. The van der Waals surface area contributed by atoms with Crippen molar-refractivity contribution in [3.63, 3.8) is 0 Å². The third kappa shape index (κ3) is 2.52. The van der Waals surface area contributed by atoms with Gasteiger partial charge < -0.3 is 5.32 Å². The van der Waals surface area contributed by atoms with Gasteiger partial charge in [0.15, 0.2) is 5.65 Å². The number of nitrogens with zero attached hydrogens (tertiary/aromatic N) is 3. The lowest BCUT2D eigenvalue weighted by atomic mass is 10.1. The molecule has 4 rings (SSSR count). The van der Waals surface area contributed by atoms with E-state index in [2.05, 4.69) is 15.4 Å². The first kappa shape index (κ1) is 16.2. The van der Waals surface area contributed by atoms with E-state index in [1.165, 1.54) is 18.2 Å². The van der Waals surface area contributed by atoms with Gasteiger partial charge in [-0.25, -0.2) is 22.3 Å². The van der Waals surface area contributed by atoms with Gasteiger partial charge in [0.25, 0.3) is 0 Å². The molecule has 0 saturated heterocycles. The SMILES string of the molecule is CCc1nn2c3c(cnc2c1S(=O)(=O)c1cccc(F)c1)CNCC3. The van der Waals surface area contributed by atoms with Crippen LogP contribution in [0.1, 0.15) is 23.9 Å². The maximum Gasteiger partial charge on any atom is 0.212 e. The van der Waals surface area contributed by atoms with Crippen LogP contribution in [0.15, 0.2) is 40.3 Å². The Morgan fingerprint density at radius 1 is 1.36 bits per heavy atom. The Hall–Kier alpha value is -2.32. The molecule has 0 radical (unpaired) electrons. The van der Waals surface area contributed by atoms with E-state index >= 15 is 0 Å². The van der Waals surface area contributed by atoms with E-state index in [0.717, 1.165) is 30.3 Å². The van der Waals surface area contributed by atoms with Crippen LogP contribution in [0.5, 0.6) is 0 Å². The maximum atomic E-state index is 13.6. The second-order valence-corrected chi connectivity index (χ2v) is 7.87. The Morgan fingerprint density at radius 2 is 2.20 bits per heavy atom. The molecule has 0 atom stereocenters. The molecule has 0 spiro atoms. The molecule has 1 aliphatic heterocycles. The topological polar surface area (TPSA) is 76.4 Å². The Labute approximate surface area is 144 Å². The number of hydrogen-bond acceptors (Lipinski definition) is 5. The summed E-state index contributed by atoms with van der Waals surface area (Å²) in [6.07, 6.45) is 2.89. The van der Waals surface area contributed by atoms with Gasteiger partial charge >= 0.3 is 0 Å². The van der Waals surface area contributed by atoms with Crippen molar-refractivity contribution in [2.24, 2.45) is 0 Å². The van der Waals surface area contributed by atoms with Crippen LogP contribution in [0.2, 0.25) is 0 Å². The molecule has 1 aromatic carbocycles. The zero-order chi connectivity index (χ0) is 17.6. The van der Waals surface area contributed by atoms with Crippen LogP contribution in [0.3, 0.4) is 0 Å². The van der Waals surface area contributed by atoms with Crippen LogP contribution < -0.4 is 5.32 Å². The summed E-state index contributed by atoms with van der Waals surface area (Å²) in [7, 11) is -3.92. The Kier molecular flexibility index (Phi) is 3.81. The van der Waals surface area contributed by atoms with Crippen molar-refractivity contribution >= 4 is 15.5 Å². The molecule has 0 unspecified atom stereocenters. The smallest absolute Gasteiger partial charge is 0.212 e. The zero-order valence-corrected chi connectivity index (χ0v) is 14.5. The van der Waals surface area contributed by atoms with E-state index in [1.54, 1.807) is 10.7 Å². The number of fused-ring (bicyclic) bond motifs is 3. The number of benzene rings is 1. The van der Waals surface area contributed by atoms with Gasteiger partial charge in [0, 0.05) is 31.3 Å². The van der Waals surface area contributed by atoms with Crippen LogP contribution in [-0.4, -0.2) is 29.6 Å². The van der Waals surface area contributed by atoms with E-state index in [0.29, 0.717) is 24.3 Å². The summed E-state index contributed by atoms with van der Waals surface area (Å²) in [6.45, 7) is 3.34. The molecule has 3 heterocycles. The quantitative estimate of drug-likeness (QED) is 0.772. The number of halogens is 1. The number of aryl methyl sites for hydroxylation is 1. The third-order valence-electron chi connectivity index (χ3n) is 4.42. The maximum absolute atomic E-state index is 13.6. The highest BCUT2D eigenvalue weighted by Gasteiger charge is 2.29. The number of sulfone groups is 1. The predicted molar refractivity (Wildman–Crippen MR) is 89.6 cm³/mol. The Bertz CT molecular complexity index is 1080. The number of nitrogens with one attached hydrogen (secondary N) is 1. The van der Waals surface area contributed by atoms with Gasteiger partial charge in [0.1, 0.15) is 10.7 Å². The van der Waals surface area contributed by atoms with E-state index in [-0.39, 0.29) is 9.79 Å². The highest BCUT2D eigenvalue weighted by molar-refractivity contribution is 7.91.